The van der Waals surface area contributed by atoms with E-state index < -0.39 is 20.0 Å². The number of ether oxygens (including phenoxy) is 1. The van der Waals surface area contributed by atoms with Gasteiger partial charge in [0.15, 0.2) is 13.9 Å². The molecular weight excluding hydrogens is 522 g/mol. The summed E-state index contributed by atoms with van der Waals surface area (Å²) in [4.78, 5) is 41.0. The summed E-state index contributed by atoms with van der Waals surface area (Å²) in [5, 5.41) is 15.6. The second-order valence-electron chi connectivity index (χ2n) is 11.4. The van der Waals surface area contributed by atoms with E-state index in [1.54, 1.807) is 23.2 Å². The molecule has 2 N–H and O–H groups in total. The SMILES string of the molecule is C[C@@H]1[C@@H]([Si](C)(C)O)[C@H](CCO)O[C@@]12C(=O)N(Cc1ccccc1)c1ccc(-n3ncc4ccccc4c3=O)cc12. The van der Waals surface area contributed by atoms with Crippen molar-refractivity contribution < 1.29 is 19.4 Å². The number of amides is 1. The number of aliphatic hydroxyl groups excluding tert-OH is 1. The maximum absolute atomic E-state index is 14.5. The van der Waals surface area contributed by atoms with Crippen LogP contribution in [0, 0.1) is 5.92 Å². The normalized spacial score (nSPS) is 24.3. The van der Waals surface area contributed by atoms with Gasteiger partial charge in [-0.25, -0.2) is 0 Å². The van der Waals surface area contributed by atoms with Crippen molar-refractivity contribution in [3.8, 4) is 5.69 Å². The Balaban J connectivity index is 1.54. The average molecular weight is 556 g/mol. The number of fused-ring (bicyclic) bond motifs is 3. The van der Waals surface area contributed by atoms with Gasteiger partial charge >= 0.3 is 0 Å². The number of benzene rings is 3. The van der Waals surface area contributed by atoms with Crippen molar-refractivity contribution in [2.45, 2.75) is 50.2 Å². The van der Waals surface area contributed by atoms with Crippen LogP contribution in [0.25, 0.3) is 16.5 Å². The zero-order chi connectivity index (χ0) is 28.2. The Morgan fingerprint density at radius 2 is 1.75 bits per heavy atom. The molecule has 2 aliphatic heterocycles. The molecule has 2 aliphatic rings. The van der Waals surface area contributed by atoms with Crippen LogP contribution >= 0.6 is 0 Å². The maximum Gasteiger partial charge on any atom is 0.279 e. The van der Waals surface area contributed by atoms with Gasteiger partial charge in [-0.05, 0) is 49.3 Å². The molecule has 9 heteroatoms. The molecular formula is C31H33N3O5Si. The molecule has 4 aromatic rings. The lowest BCUT2D eigenvalue weighted by Gasteiger charge is -2.32. The Morgan fingerprint density at radius 1 is 1.02 bits per heavy atom. The second kappa shape index (κ2) is 9.78. The molecule has 4 atom stereocenters. The summed E-state index contributed by atoms with van der Waals surface area (Å²) in [6.45, 7) is 5.93. The van der Waals surface area contributed by atoms with Crippen molar-refractivity contribution in [2.24, 2.45) is 5.92 Å². The molecule has 1 saturated heterocycles. The summed E-state index contributed by atoms with van der Waals surface area (Å²) in [6, 6.07) is 22.6. The smallest absolute Gasteiger partial charge is 0.279 e. The van der Waals surface area contributed by atoms with Gasteiger partial charge in [-0.15, -0.1) is 0 Å². The molecule has 3 heterocycles. The Kier molecular flexibility index (Phi) is 6.50. The third-order valence-electron chi connectivity index (χ3n) is 8.50. The predicted molar refractivity (Wildman–Crippen MR) is 156 cm³/mol. The molecule has 8 nitrogen and oxygen atoms in total. The third-order valence-corrected chi connectivity index (χ3v) is 11.0. The molecule has 0 unspecified atom stereocenters. The van der Waals surface area contributed by atoms with E-state index in [1.165, 1.54) is 4.68 Å². The highest BCUT2D eigenvalue weighted by Gasteiger charge is 2.66. The molecule has 1 fully saturated rings. The van der Waals surface area contributed by atoms with E-state index in [9.17, 15) is 19.5 Å². The highest BCUT2D eigenvalue weighted by atomic mass is 28.4. The van der Waals surface area contributed by atoms with E-state index in [-0.39, 0.29) is 29.5 Å². The minimum Gasteiger partial charge on any atom is -0.432 e. The van der Waals surface area contributed by atoms with Crippen LogP contribution in [-0.4, -0.2) is 46.6 Å². The summed E-state index contributed by atoms with van der Waals surface area (Å²) >= 11 is 0. The van der Waals surface area contributed by atoms with Crippen LogP contribution < -0.4 is 10.5 Å². The highest BCUT2D eigenvalue weighted by Crippen LogP contribution is 2.60. The molecule has 206 valence electrons. The largest absolute Gasteiger partial charge is 0.432 e. The number of hydrogen-bond acceptors (Lipinski definition) is 6. The lowest BCUT2D eigenvalue weighted by molar-refractivity contribution is -0.146. The van der Waals surface area contributed by atoms with Crippen LogP contribution in [0.5, 0.6) is 0 Å². The fraction of sp³-hybridized carbons (Fsp3) is 0.323. The first-order valence-corrected chi connectivity index (χ1v) is 16.7. The van der Waals surface area contributed by atoms with Gasteiger partial charge < -0.3 is 19.5 Å². The first-order valence-electron chi connectivity index (χ1n) is 13.7. The van der Waals surface area contributed by atoms with Crippen molar-refractivity contribution in [3.63, 3.8) is 0 Å². The quantitative estimate of drug-likeness (QED) is 0.347. The van der Waals surface area contributed by atoms with Gasteiger partial charge in [-0.2, -0.15) is 9.78 Å². The number of anilines is 1. The van der Waals surface area contributed by atoms with E-state index in [2.05, 4.69) is 5.10 Å². The number of rotatable bonds is 6. The van der Waals surface area contributed by atoms with Crippen molar-refractivity contribution in [1.82, 2.24) is 9.78 Å². The molecule has 6 rings (SSSR count). The Labute approximate surface area is 233 Å². The Morgan fingerprint density at radius 3 is 2.48 bits per heavy atom. The van der Waals surface area contributed by atoms with Crippen molar-refractivity contribution in [2.75, 3.05) is 11.5 Å². The minimum atomic E-state index is -2.82. The van der Waals surface area contributed by atoms with Crippen LogP contribution in [0.2, 0.25) is 18.6 Å². The van der Waals surface area contributed by atoms with E-state index in [4.69, 9.17) is 4.74 Å². The fourth-order valence-corrected chi connectivity index (χ4v) is 9.39. The molecule has 0 radical (unpaired) electrons. The lowest BCUT2D eigenvalue weighted by atomic mass is 9.82. The number of hydrogen-bond donors (Lipinski definition) is 2. The maximum atomic E-state index is 14.5. The molecule has 3 aromatic carbocycles. The number of aromatic nitrogens is 2. The van der Waals surface area contributed by atoms with Crippen LogP contribution in [-0.2, 0) is 21.7 Å². The van der Waals surface area contributed by atoms with Crippen molar-refractivity contribution >= 4 is 30.7 Å². The van der Waals surface area contributed by atoms with E-state index in [0.717, 1.165) is 10.9 Å². The monoisotopic (exact) mass is 555 g/mol. The highest BCUT2D eigenvalue weighted by molar-refractivity contribution is 6.71. The summed E-state index contributed by atoms with van der Waals surface area (Å²) in [5.74, 6) is -0.558. The van der Waals surface area contributed by atoms with Gasteiger partial charge in [0, 0.05) is 29.0 Å². The van der Waals surface area contributed by atoms with Crippen LogP contribution in [0.4, 0.5) is 5.69 Å². The Hall–Kier alpha value is -3.63. The minimum absolute atomic E-state index is 0.111. The predicted octanol–water partition coefficient (Wildman–Crippen LogP) is 4.11. The van der Waals surface area contributed by atoms with Crippen LogP contribution in [0.15, 0.2) is 83.8 Å². The average Bonchev–Trinajstić information content (AvgIpc) is 3.36. The number of aliphatic hydroxyl groups is 1. The number of carbonyl (C=O) groups excluding carboxylic acids is 1. The van der Waals surface area contributed by atoms with E-state index >= 15 is 0 Å². The summed E-state index contributed by atoms with van der Waals surface area (Å²) in [6.07, 6.45) is 1.50. The Bertz CT molecular complexity index is 1650. The third kappa shape index (κ3) is 4.04. The van der Waals surface area contributed by atoms with Gasteiger partial charge in [0.05, 0.1) is 35.6 Å². The van der Waals surface area contributed by atoms with Crippen molar-refractivity contribution in [3.05, 3.63) is 100 Å². The van der Waals surface area contributed by atoms with E-state index in [1.807, 2.05) is 80.7 Å². The van der Waals surface area contributed by atoms with Gasteiger partial charge in [-0.3, -0.25) is 9.59 Å². The molecule has 1 aromatic heterocycles. The number of nitrogens with zero attached hydrogens (tertiary/aromatic N) is 3. The van der Waals surface area contributed by atoms with Crippen LogP contribution in [0.1, 0.15) is 24.5 Å². The second-order valence-corrected chi connectivity index (χ2v) is 15.4. The van der Waals surface area contributed by atoms with E-state index in [0.29, 0.717) is 35.3 Å². The summed E-state index contributed by atoms with van der Waals surface area (Å²) in [5.41, 5.74) is 0.972. The van der Waals surface area contributed by atoms with Gasteiger partial charge in [0.1, 0.15) is 0 Å². The lowest BCUT2D eigenvalue weighted by Crippen LogP contribution is -2.46. The standard InChI is InChI=1S/C31H33N3O5Si/c1-20-28(40(2,3)38)27(15-16-35)39-31(20)25-17-23(34-29(36)24-12-8-7-11-22(24)18-32-34)13-14-26(25)33(30(31)37)19-21-9-5-4-6-10-21/h4-14,17-18,20,27-28,35,38H,15-16,19H2,1-3H3/t20-,27+,28-,31+/m1/s1. The molecule has 1 amide bonds. The zero-order valence-corrected chi connectivity index (χ0v) is 23.8. The van der Waals surface area contributed by atoms with Crippen LogP contribution in [0.3, 0.4) is 0 Å². The molecule has 40 heavy (non-hydrogen) atoms. The van der Waals surface area contributed by atoms with Gasteiger partial charge in [0.25, 0.3) is 11.5 Å². The molecule has 1 spiro atoms. The molecule has 0 aliphatic carbocycles. The first kappa shape index (κ1) is 26.6. The first-order chi connectivity index (χ1) is 19.2. The molecule has 0 bridgehead atoms. The number of carbonyl (C=O) groups is 1. The topological polar surface area (TPSA) is 105 Å². The van der Waals surface area contributed by atoms with Gasteiger partial charge in [-0.1, -0.05) is 55.5 Å². The summed E-state index contributed by atoms with van der Waals surface area (Å²) in [7, 11) is -2.82. The van der Waals surface area contributed by atoms with Crippen molar-refractivity contribution in [1.29, 1.82) is 0 Å². The summed E-state index contributed by atoms with van der Waals surface area (Å²) < 4.78 is 8.07. The zero-order valence-electron chi connectivity index (χ0n) is 22.8. The molecule has 0 saturated carbocycles. The fourth-order valence-electron chi connectivity index (χ4n) is 6.79. The van der Waals surface area contributed by atoms with Gasteiger partial charge in [0.2, 0.25) is 0 Å².